The summed E-state index contributed by atoms with van der Waals surface area (Å²) in [5.74, 6) is -226. The third kappa shape index (κ3) is 8.85. The first kappa shape index (κ1) is 74.5. The second-order valence-corrected chi connectivity index (χ2v) is 14.9. The molecule has 1 heterocycles. The van der Waals surface area contributed by atoms with E-state index in [4.69, 9.17) is 0 Å². The third-order valence-electron chi connectivity index (χ3n) is 9.64. The molecule has 0 radical (unpaired) electrons. The molecule has 0 aliphatic rings. The number of aromatic nitrogens is 3. The lowest BCUT2D eigenvalue weighted by atomic mass is 9.88. The van der Waals surface area contributed by atoms with Gasteiger partial charge in [0.2, 0.25) is 17.5 Å². The van der Waals surface area contributed by atoms with Crippen molar-refractivity contribution in [1.29, 1.82) is 0 Å². The number of alkyl halides is 51. The molecule has 1 rings (SSSR count). The summed E-state index contributed by atoms with van der Waals surface area (Å²) in [7, 11) is 0. The third-order valence-corrected chi connectivity index (χ3v) is 9.64. The normalized spacial score (nSPS) is 17.1. The molecule has 0 aromatic carbocycles. The van der Waals surface area contributed by atoms with Crippen molar-refractivity contribution in [2.75, 3.05) is 0 Å². The van der Waals surface area contributed by atoms with E-state index in [2.05, 4.69) is 0 Å². The van der Waals surface area contributed by atoms with Gasteiger partial charge in [-0.1, -0.05) is 0 Å². The van der Waals surface area contributed by atoms with Crippen LogP contribution in [0.25, 0.3) is 0 Å². The highest BCUT2D eigenvalue weighted by atomic mass is 19.5. The number of nitrogens with zero attached hydrogens (tertiary/aromatic N) is 3. The molecule has 0 saturated heterocycles. The maximum absolute atomic E-state index is 15.1. The van der Waals surface area contributed by atoms with Gasteiger partial charge in [-0.25, -0.2) is 15.0 Å². The molecule has 0 N–H and O–H groups in total. The number of hydrogen-bond donors (Lipinski definition) is 0. The molecule has 480 valence electrons. The van der Waals surface area contributed by atoms with Crippen LogP contribution in [0.5, 0.6) is 0 Å². The zero-order chi connectivity index (χ0) is 66.9. The van der Waals surface area contributed by atoms with Crippen molar-refractivity contribution in [3.05, 3.63) is 17.5 Å². The quantitative estimate of drug-likeness (QED) is 0.115. The SMILES string of the molecule is FC(F)(F)C(F)(F)C(F)(F)C(F)(F)C(F)(F)C(F)(F)C(F)(F)C(F)(F)c1nc(C(F)(F)C(F)(F)C(F)(F)C(F)(F)C(F)(F)C(F)(F)C(F)(F)C(F)(F)F)nc(C(F)(F)C(F)(F)C(F)(F)C(F)(F)C(F)(F)C(F)(F)C(F)(F)C(F)(F)F)n1. The Labute approximate surface area is 400 Å². The summed E-state index contributed by atoms with van der Waals surface area (Å²) >= 11 is 0. The summed E-state index contributed by atoms with van der Waals surface area (Å²) in [6.45, 7) is 0. The molecule has 54 heteroatoms. The predicted molar refractivity (Wildman–Crippen MR) is 139 cm³/mol. The molecule has 0 aliphatic heterocycles. The average molecular weight is 1340 g/mol. The van der Waals surface area contributed by atoms with Gasteiger partial charge in [-0.3, -0.25) is 0 Å². The standard InChI is InChI=1S/C27F51N3/c28-4(29,7(34,35)10(40,41)13(46,47)16(52,53)19(58,59)22(64,65)25(70,71)72)1-79-2(5(30,31)8(36,37)11(42,43)14(48,49)17(54,55)20(60,61)23(66,67)26(73,74)75)81-3(80-1)6(32,33)9(38,39)12(44,45)15(50,51)18(56,57)21(62,63)24(68,69)27(76,77)78. The van der Waals surface area contributed by atoms with Gasteiger partial charge in [0.1, 0.15) is 0 Å². The molecule has 81 heavy (non-hydrogen) atoms. The minimum absolute atomic E-state index is 0.0769. The fraction of sp³-hybridized carbons (Fsp3) is 0.889. The average Bonchev–Trinajstić information content (AvgIpc) is 3.23. The summed E-state index contributed by atoms with van der Waals surface area (Å²) in [5.41, 5.74) is 0. The molecule has 0 bridgehead atoms. The molecule has 3 nitrogen and oxygen atoms in total. The van der Waals surface area contributed by atoms with Crippen LogP contribution >= 0.6 is 0 Å². The minimum atomic E-state index is -10.3. The van der Waals surface area contributed by atoms with Gasteiger partial charge in [0.25, 0.3) is 0 Å². The second-order valence-electron chi connectivity index (χ2n) is 14.9. The Hall–Kier alpha value is -4.56. The number of rotatable bonds is 21. The molecular formula is C27F51N3. The highest BCUT2D eigenvalue weighted by Gasteiger charge is 2.99. The van der Waals surface area contributed by atoms with Gasteiger partial charge < -0.3 is 0 Å². The monoisotopic (exact) mass is 1330 g/mol. The van der Waals surface area contributed by atoms with E-state index in [-0.39, 0.29) is 15.0 Å². The van der Waals surface area contributed by atoms with Crippen LogP contribution in [0.4, 0.5) is 224 Å². The summed E-state index contributed by atoms with van der Waals surface area (Å²) in [5, 5.41) is 0. The van der Waals surface area contributed by atoms with E-state index in [1.54, 1.807) is 0 Å². The fourth-order valence-corrected chi connectivity index (χ4v) is 4.71. The summed E-state index contributed by atoms with van der Waals surface area (Å²) in [6, 6.07) is 0. The van der Waals surface area contributed by atoms with E-state index in [9.17, 15) is 198 Å². The van der Waals surface area contributed by atoms with Crippen LogP contribution in [0.1, 0.15) is 17.5 Å². The predicted octanol–water partition coefficient (Wildman–Crippen LogP) is 16.3. The van der Waals surface area contributed by atoms with Crippen molar-refractivity contribution < 1.29 is 224 Å². The van der Waals surface area contributed by atoms with Crippen LogP contribution in [0, 0.1) is 0 Å². The van der Waals surface area contributed by atoms with Gasteiger partial charge in [0.05, 0.1) is 0 Å². The molecule has 0 atom stereocenters. The van der Waals surface area contributed by atoms with Gasteiger partial charge in [0.15, 0.2) is 0 Å². The first-order chi connectivity index (χ1) is 34.1. The molecule has 0 unspecified atom stereocenters. The molecule has 0 saturated carbocycles. The van der Waals surface area contributed by atoms with Crippen LogP contribution in [0.3, 0.4) is 0 Å². The smallest absolute Gasteiger partial charge is 0.205 e. The van der Waals surface area contributed by atoms with Gasteiger partial charge >= 0.3 is 143 Å². The maximum atomic E-state index is 15.1. The van der Waals surface area contributed by atoms with E-state index in [1.807, 2.05) is 0 Å². The molecule has 1 aromatic rings. The topological polar surface area (TPSA) is 38.7 Å². The van der Waals surface area contributed by atoms with Crippen LogP contribution in [-0.2, 0) is 17.8 Å². The van der Waals surface area contributed by atoms with Crippen molar-refractivity contribution in [2.24, 2.45) is 0 Å². The molecule has 0 amide bonds. The minimum Gasteiger partial charge on any atom is -0.205 e. The second kappa shape index (κ2) is 18.2. The molecule has 0 fully saturated rings. The lowest BCUT2D eigenvalue weighted by molar-refractivity contribution is -0.464. The van der Waals surface area contributed by atoms with Crippen molar-refractivity contribution in [2.45, 2.75) is 143 Å². The van der Waals surface area contributed by atoms with Crippen molar-refractivity contribution in [1.82, 2.24) is 15.0 Å². The van der Waals surface area contributed by atoms with Crippen molar-refractivity contribution in [3.8, 4) is 0 Å². The van der Waals surface area contributed by atoms with E-state index in [1.165, 1.54) is 0 Å². The molecule has 1 aromatic heterocycles. The Balaban J connectivity index is 5.01. The number of hydrogen-bond acceptors (Lipinski definition) is 3. The largest absolute Gasteiger partial charge is 0.460 e. The van der Waals surface area contributed by atoms with Gasteiger partial charge in [-0.05, 0) is 0 Å². The molecule has 0 aliphatic carbocycles. The lowest BCUT2D eigenvalue weighted by Gasteiger charge is -2.43. The van der Waals surface area contributed by atoms with Gasteiger partial charge in [0, 0.05) is 0 Å². The highest BCUT2D eigenvalue weighted by Crippen LogP contribution is 2.69. The van der Waals surface area contributed by atoms with E-state index in [0.29, 0.717) is 0 Å². The van der Waals surface area contributed by atoms with E-state index in [0.717, 1.165) is 0 Å². The van der Waals surface area contributed by atoms with Crippen molar-refractivity contribution in [3.63, 3.8) is 0 Å². The summed E-state index contributed by atoms with van der Waals surface area (Å²) < 4.78 is 705. The Morgan fingerprint density at radius 3 is 0.309 bits per heavy atom. The van der Waals surface area contributed by atoms with Crippen LogP contribution in [0.2, 0.25) is 0 Å². The lowest BCUT2D eigenvalue weighted by Crippen LogP contribution is -2.74. The zero-order valence-electron chi connectivity index (χ0n) is 34.1. The number of halogens is 51. The van der Waals surface area contributed by atoms with E-state index >= 15 is 26.3 Å². The Bertz CT molecular complexity index is 2180. The Kier molecular flexibility index (Phi) is 16.8. The summed E-state index contributed by atoms with van der Waals surface area (Å²) in [4.78, 5) is -0.231. The van der Waals surface area contributed by atoms with Crippen LogP contribution < -0.4 is 0 Å². The Morgan fingerprint density at radius 1 is 0.123 bits per heavy atom. The van der Waals surface area contributed by atoms with Crippen molar-refractivity contribution >= 4 is 0 Å². The van der Waals surface area contributed by atoms with Gasteiger partial charge in [-0.15, -0.1) is 0 Å². The first-order valence-electron chi connectivity index (χ1n) is 17.0. The van der Waals surface area contributed by atoms with E-state index < -0.39 is 160 Å². The molecular weight excluding hydrogens is 1340 g/mol. The fourth-order valence-electron chi connectivity index (χ4n) is 4.71. The van der Waals surface area contributed by atoms with Crippen LogP contribution in [-0.4, -0.2) is 140 Å². The summed E-state index contributed by atoms with van der Waals surface area (Å²) in [6.07, 6.45) is -26.0. The Morgan fingerprint density at radius 2 is 0.210 bits per heavy atom. The first-order valence-corrected chi connectivity index (χ1v) is 17.0. The van der Waals surface area contributed by atoms with Crippen LogP contribution in [0.15, 0.2) is 0 Å². The maximum Gasteiger partial charge on any atom is 0.460 e. The van der Waals surface area contributed by atoms with Gasteiger partial charge in [-0.2, -0.15) is 224 Å². The molecule has 0 spiro atoms. The highest BCUT2D eigenvalue weighted by molar-refractivity contribution is 5.25. The zero-order valence-corrected chi connectivity index (χ0v) is 34.1.